The van der Waals surface area contributed by atoms with Crippen LogP contribution < -0.4 is 10.9 Å². The second-order valence-electron chi connectivity index (χ2n) is 7.42. The van der Waals surface area contributed by atoms with Gasteiger partial charge in [-0.05, 0) is 43.2 Å². The molecule has 0 aliphatic heterocycles. The molecule has 4 N–H and O–H groups in total. The number of halogens is 7. The Hall–Kier alpha value is -2.79. The molecule has 0 spiro atoms. The fraction of sp³-hybridized carbons (Fsp3) is 0.300. The van der Waals surface area contributed by atoms with Crippen molar-refractivity contribution in [2.24, 2.45) is 5.84 Å². The van der Waals surface area contributed by atoms with Gasteiger partial charge in [-0.15, -0.1) is 0 Å². The van der Waals surface area contributed by atoms with E-state index in [4.69, 9.17) is 28.0 Å². The summed E-state index contributed by atoms with van der Waals surface area (Å²) in [6, 6.07) is 4.45. The number of aromatic carboxylic acids is 1. The average Bonchev–Trinajstić information content (AvgIpc) is 2.65. The molecular formula is C20H16ClF6N3O2. The van der Waals surface area contributed by atoms with Crippen LogP contribution in [0.4, 0.5) is 32.0 Å². The number of rotatable bonds is 5. The number of hydrogen-bond donors (Lipinski definition) is 3. The number of hydrogen-bond acceptors (Lipinski definition) is 4. The molecule has 2 aromatic rings. The maximum Gasteiger partial charge on any atom is 0.433 e. The molecule has 1 aliphatic carbocycles. The van der Waals surface area contributed by atoms with Crippen LogP contribution >= 0.6 is 11.6 Å². The van der Waals surface area contributed by atoms with Crippen molar-refractivity contribution < 1.29 is 36.2 Å². The molecule has 3 rings (SSSR count). The molecule has 32 heavy (non-hydrogen) atoms. The predicted octanol–water partition coefficient (Wildman–Crippen LogP) is 5.24. The zero-order chi connectivity index (χ0) is 24.4. The standard InChI is InChI=1S/C20H16ClF6N3O2/c1-8-5-12-16(19(23,24)18(12,22)20(25,26)27)9(2)15(8)14(28)7-30(29)10-3-4-13(21)11(6-10)17(31)32/h3-6,28H,7,29H2,1-2H3,(H,31,32). The first-order chi connectivity index (χ1) is 14.6. The molecule has 0 bridgehead atoms. The maximum atomic E-state index is 14.4. The smallest absolute Gasteiger partial charge is 0.433 e. The highest BCUT2D eigenvalue weighted by Crippen LogP contribution is 2.67. The van der Waals surface area contributed by atoms with Crippen LogP contribution in [0.1, 0.15) is 38.2 Å². The average molecular weight is 480 g/mol. The van der Waals surface area contributed by atoms with Gasteiger partial charge in [-0.2, -0.15) is 22.0 Å². The van der Waals surface area contributed by atoms with E-state index in [0.717, 1.165) is 18.0 Å². The van der Waals surface area contributed by atoms with E-state index < -0.39 is 41.4 Å². The van der Waals surface area contributed by atoms with E-state index in [-0.39, 0.29) is 38.7 Å². The van der Waals surface area contributed by atoms with Crippen molar-refractivity contribution in [3.63, 3.8) is 0 Å². The highest BCUT2D eigenvalue weighted by atomic mass is 35.5. The van der Waals surface area contributed by atoms with Gasteiger partial charge in [0.1, 0.15) is 0 Å². The number of alkyl halides is 6. The van der Waals surface area contributed by atoms with Gasteiger partial charge in [0, 0.05) is 16.7 Å². The van der Waals surface area contributed by atoms with Crippen LogP contribution in [-0.2, 0) is 11.6 Å². The lowest BCUT2D eigenvalue weighted by atomic mass is 9.66. The first-order valence-corrected chi connectivity index (χ1v) is 9.35. The Bertz CT molecular complexity index is 1150. The third-order valence-electron chi connectivity index (χ3n) is 5.43. The Morgan fingerprint density at radius 2 is 1.81 bits per heavy atom. The third-order valence-corrected chi connectivity index (χ3v) is 5.75. The minimum Gasteiger partial charge on any atom is -0.478 e. The minimum atomic E-state index is -5.82. The first-order valence-electron chi connectivity index (χ1n) is 8.97. The van der Waals surface area contributed by atoms with E-state index in [0.29, 0.717) is 6.07 Å². The summed E-state index contributed by atoms with van der Waals surface area (Å²) in [5.41, 5.74) is -8.01. The van der Waals surface area contributed by atoms with E-state index in [9.17, 15) is 31.1 Å². The number of aryl methyl sites for hydroxylation is 1. The molecule has 5 nitrogen and oxygen atoms in total. The lowest BCUT2D eigenvalue weighted by Gasteiger charge is -2.46. The molecule has 0 saturated heterocycles. The number of nitrogens with one attached hydrogen (secondary N) is 1. The summed E-state index contributed by atoms with van der Waals surface area (Å²) < 4.78 is 82.3. The van der Waals surface area contributed by atoms with Crippen LogP contribution in [0.2, 0.25) is 5.02 Å². The molecule has 0 fully saturated rings. The lowest BCUT2D eigenvalue weighted by molar-refractivity contribution is -0.333. The summed E-state index contributed by atoms with van der Waals surface area (Å²) in [4.78, 5) is 11.2. The summed E-state index contributed by atoms with van der Waals surface area (Å²) >= 11 is 5.80. The predicted molar refractivity (Wildman–Crippen MR) is 105 cm³/mol. The second-order valence-corrected chi connectivity index (χ2v) is 7.83. The second kappa shape index (κ2) is 7.38. The number of carboxylic acids is 1. The van der Waals surface area contributed by atoms with Crippen molar-refractivity contribution >= 4 is 29.0 Å². The number of anilines is 1. The van der Waals surface area contributed by atoms with Crippen molar-refractivity contribution in [1.29, 1.82) is 5.41 Å². The van der Waals surface area contributed by atoms with Gasteiger partial charge in [-0.1, -0.05) is 17.7 Å². The molecule has 1 unspecified atom stereocenters. The van der Waals surface area contributed by atoms with Gasteiger partial charge < -0.3 is 15.5 Å². The van der Waals surface area contributed by atoms with Crippen molar-refractivity contribution in [1.82, 2.24) is 0 Å². The molecule has 12 heteroatoms. The largest absolute Gasteiger partial charge is 0.478 e. The summed E-state index contributed by atoms with van der Waals surface area (Å²) in [5.74, 6) is -0.253. The zero-order valence-corrected chi connectivity index (χ0v) is 17.3. The quantitative estimate of drug-likeness (QED) is 0.237. The highest BCUT2D eigenvalue weighted by Gasteiger charge is 2.80. The van der Waals surface area contributed by atoms with Crippen LogP contribution in [-0.4, -0.2) is 29.5 Å². The monoisotopic (exact) mass is 479 g/mol. The molecule has 0 heterocycles. The fourth-order valence-corrected chi connectivity index (χ4v) is 4.13. The maximum absolute atomic E-state index is 14.4. The van der Waals surface area contributed by atoms with Gasteiger partial charge in [0.05, 0.1) is 28.5 Å². The first kappa shape index (κ1) is 23.9. The van der Waals surface area contributed by atoms with E-state index in [1.165, 1.54) is 19.1 Å². The molecular weight excluding hydrogens is 464 g/mol. The summed E-state index contributed by atoms with van der Waals surface area (Å²) in [6.07, 6.45) is -5.82. The summed E-state index contributed by atoms with van der Waals surface area (Å²) in [7, 11) is 0. The Balaban J connectivity index is 1.99. The third kappa shape index (κ3) is 3.22. The van der Waals surface area contributed by atoms with Gasteiger partial charge in [0.15, 0.2) is 0 Å². The molecule has 0 amide bonds. The molecule has 1 aliphatic rings. The Morgan fingerprint density at radius 1 is 1.22 bits per heavy atom. The Morgan fingerprint density at radius 3 is 2.34 bits per heavy atom. The van der Waals surface area contributed by atoms with Crippen LogP contribution in [0, 0.1) is 19.3 Å². The van der Waals surface area contributed by atoms with Crippen LogP contribution in [0.25, 0.3) is 0 Å². The van der Waals surface area contributed by atoms with Gasteiger partial charge in [0.25, 0.3) is 5.67 Å². The van der Waals surface area contributed by atoms with Crippen molar-refractivity contribution in [2.75, 3.05) is 11.6 Å². The van der Waals surface area contributed by atoms with E-state index in [1.54, 1.807) is 0 Å². The van der Waals surface area contributed by atoms with Crippen molar-refractivity contribution in [3.8, 4) is 0 Å². The van der Waals surface area contributed by atoms with Crippen LogP contribution in [0.15, 0.2) is 24.3 Å². The normalized spacial score (nSPS) is 19.2. The molecule has 2 aromatic carbocycles. The van der Waals surface area contributed by atoms with Crippen LogP contribution in [0.3, 0.4) is 0 Å². The summed E-state index contributed by atoms with van der Waals surface area (Å²) in [6.45, 7) is 1.95. The number of nitrogens with zero attached hydrogens (tertiary/aromatic N) is 1. The van der Waals surface area contributed by atoms with E-state index >= 15 is 0 Å². The molecule has 0 saturated carbocycles. The van der Waals surface area contributed by atoms with Gasteiger partial charge in [-0.3, -0.25) is 0 Å². The number of carbonyl (C=O) groups is 1. The van der Waals surface area contributed by atoms with Crippen molar-refractivity contribution in [2.45, 2.75) is 31.6 Å². The minimum absolute atomic E-state index is 0.0104. The van der Waals surface area contributed by atoms with Gasteiger partial charge in [0.2, 0.25) is 0 Å². The number of nitrogens with two attached hydrogens (primary N) is 1. The van der Waals surface area contributed by atoms with Gasteiger partial charge >= 0.3 is 18.1 Å². The van der Waals surface area contributed by atoms with E-state index in [2.05, 4.69) is 0 Å². The number of benzene rings is 2. The topological polar surface area (TPSA) is 90.4 Å². The SMILES string of the molecule is Cc1cc2c(c(C)c1C(=N)CN(N)c1ccc(Cl)c(C(=O)O)c1)C(F)(F)C2(F)C(F)(F)F. The molecule has 1 atom stereocenters. The zero-order valence-electron chi connectivity index (χ0n) is 16.5. The molecule has 172 valence electrons. The fourth-order valence-electron chi connectivity index (χ4n) is 3.93. The summed E-state index contributed by atoms with van der Waals surface area (Å²) in [5, 5.41) is 18.3. The van der Waals surface area contributed by atoms with Crippen LogP contribution in [0.5, 0.6) is 0 Å². The van der Waals surface area contributed by atoms with Gasteiger partial charge in [-0.25, -0.2) is 15.0 Å². The molecule has 0 radical (unpaired) electrons. The number of fused-ring (bicyclic) bond motifs is 1. The number of hydrazine groups is 1. The Labute approximate surface area is 182 Å². The van der Waals surface area contributed by atoms with Crippen molar-refractivity contribution in [3.05, 3.63) is 62.7 Å². The number of carboxylic acid groups (broad SMARTS) is 1. The molecule has 0 aromatic heterocycles. The van der Waals surface area contributed by atoms with E-state index in [1.807, 2.05) is 0 Å². The highest BCUT2D eigenvalue weighted by molar-refractivity contribution is 6.33. The Kier molecular flexibility index (Phi) is 5.50. The lowest BCUT2D eigenvalue weighted by Crippen LogP contribution is -2.59.